The average Bonchev–Trinajstić information content (AvgIpc) is 3.09. The van der Waals surface area contributed by atoms with Crippen LogP contribution in [0.4, 0.5) is 0 Å². The van der Waals surface area contributed by atoms with Gasteiger partial charge in [-0.1, -0.05) is 131 Å². The van der Waals surface area contributed by atoms with E-state index in [-0.39, 0.29) is 10.5 Å². The second kappa shape index (κ2) is 34.6. The Balaban J connectivity index is 4.08. The number of aliphatic carboxylic acids is 2. The summed E-state index contributed by atoms with van der Waals surface area (Å²) in [6.45, 7) is 15.7. The van der Waals surface area contributed by atoms with Crippen LogP contribution in [0.2, 0.25) is 0 Å². The van der Waals surface area contributed by atoms with Crippen LogP contribution in [-0.2, 0) is 23.8 Å². The second-order valence-corrected chi connectivity index (χ2v) is 16.7. The van der Waals surface area contributed by atoms with Gasteiger partial charge in [0.1, 0.15) is 0 Å². The molecule has 0 bridgehead atoms. The lowest BCUT2D eigenvalue weighted by atomic mass is 9.93. The van der Waals surface area contributed by atoms with Crippen molar-refractivity contribution in [2.45, 2.75) is 168 Å². The minimum absolute atomic E-state index is 0.0551. The Kier molecular flexibility index (Phi) is 34.3. The van der Waals surface area contributed by atoms with Gasteiger partial charge in [-0.3, -0.25) is 9.59 Å². The highest BCUT2D eigenvalue weighted by Gasteiger charge is 2.24. The largest absolute Gasteiger partial charge is 0.481 e. The highest BCUT2D eigenvalue weighted by Crippen LogP contribution is 2.27. The molecule has 0 spiro atoms. The molecule has 292 valence electrons. The van der Waals surface area contributed by atoms with Crippen LogP contribution in [0.15, 0.2) is 0 Å². The van der Waals surface area contributed by atoms with E-state index < -0.39 is 23.8 Å². The van der Waals surface area contributed by atoms with Crippen molar-refractivity contribution in [3.05, 3.63) is 0 Å². The molecular weight excluding hydrogens is 657 g/mol. The number of carbonyl (C=O) groups is 2. The van der Waals surface area contributed by atoms with Gasteiger partial charge in [0.05, 0.1) is 38.3 Å². The van der Waals surface area contributed by atoms with E-state index in [9.17, 15) is 19.8 Å². The van der Waals surface area contributed by atoms with Gasteiger partial charge in [-0.05, 0) is 49.0 Å². The van der Waals surface area contributed by atoms with Crippen molar-refractivity contribution in [2.24, 2.45) is 23.7 Å². The van der Waals surface area contributed by atoms with Crippen molar-refractivity contribution in [3.8, 4) is 0 Å². The Labute approximate surface area is 310 Å². The molecule has 0 fully saturated rings. The van der Waals surface area contributed by atoms with Crippen LogP contribution in [0.25, 0.3) is 0 Å². The van der Waals surface area contributed by atoms with Gasteiger partial charge in [0, 0.05) is 23.7 Å². The molecule has 0 aromatic rings. The fourth-order valence-electron chi connectivity index (χ4n) is 6.20. The normalized spacial score (nSPS) is 15.5. The number of carboxylic acid groups (broad SMARTS) is 2. The Bertz CT molecular complexity index is 696. The molecule has 2 N–H and O–H groups in total. The van der Waals surface area contributed by atoms with E-state index >= 15 is 0 Å². The molecule has 0 aromatic carbocycles. The summed E-state index contributed by atoms with van der Waals surface area (Å²) in [7, 11) is 0. The van der Waals surface area contributed by atoms with Crippen molar-refractivity contribution < 1.29 is 34.0 Å². The van der Waals surface area contributed by atoms with Crippen molar-refractivity contribution in [3.63, 3.8) is 0 Å². The molecule has 0 saturated carbocycles. The van der Waals surface area contributed by atoms with Crippen molar-refractivity contribution in [1.82, 2.24) is 0 Å². The first-order valence-corrected chi connectivity index (χ1v) is 22.2. The summed E-state index contributed by atoms with van der Waals surface area (Å²) in [5.41, 5.74) is 0. The van der Waals surface area contributed by atoms with Crippen LogP contribution in [0.1, 0.15) is 157 Å². The summed E-state index contributed by atoms with van der Waals surface area (Å²) in [5, 5.41) is 19.3. The molecule has 0 saturated heterocycles. The predicted octanol–water partition coefficient (Wildman–Crippen LogP) is 11.0. The lowest BCUT2D eigenvalue weighted by Gasteiger charge is -2.21. The van der Waals surface area contributed by atoms with Gasteiger partial charge in [-0.2, -0.15) is 23.5 Å². The number of ether oxygens (including phenoxy) is 3. The van der Waals surface area contributed by atoms with Crippen molar-refractivity contribution in [2.75, 3.05) is 51.1 Å². The van der Waals surface area contributed by atoms with E-state index in [2.05, 4.69) is 27.7 Å². The van der Waals surface area contributed by atoms with Gasteiger partial charge in [0.15, 0.2) is 0 Å². The maximum Gasteiger partial charge on any atom is 0.307 e. The third kappa shape index (κ3) is 27.8. The van der Waals surface area contributed by atoms with Crippen LogP contribution in [-0.4, -0.2) is 83.8 Å². The van der Waals surface area contributed by atoms with Crippen LogP contribution in [0.3, 0.4) is 0 Å². The highest BCUT2D eigenvalue weighted by atomic mass is 32.2. The van der Waals surface area contributed by atoms with Crippen LogP contribution < -0.4 is 0 Å². The fourth-order valence-corrected chi connectivity index (χ4v) is 8.88. The minimum atomic E-state index is -0.738. The maximum atomic E-state index is 11.7. The molecule has 9 heteroatoms. The van der Waals surface area contributed by atoms with Crippen molar-refractivity contribution >= 4 is 35.5 Å². The molecule has 0 amide bonds. The summed E-state index contributed by atoms with van der Waals surface area (Å²) in [6, 6.07) is 0. The average molecular weight is 735 g/mol. The lowest BCUT2D eigenvalue weighted by molar-refractivity contribution is -0.142. The number of hydrogen-bond donors (Lipinski definition) is 2. The van der Waals surface area contributed by atoms with Gasteiger partial charge in [-0.15, -0.1) is 0 Å². The van der Waals surface area contributed by atoms with Gasteiger partial charge in [-0.25, -0.2) is 0 Å². The Hall–Kier alpha value is -0.480. The molecule has 7 nitrogen and oxygen atoms in total. The molecule has 0 aliphatic carbocycles. The first kappa shape index (κ1) is 48.5. The monoisotopic (exact) mass is 735 g/mol. The van der Waals surface area contributed by atoms with E-state index in [4.69, 9.17) is 14.2 Å². The number of rotatable bonds is 38. The molecule has 0 aliphatic heterocycles. The Morgan fingerprint density at radius 1 is 0.490 bits per heavy atom. The topological polar surface area (TPSA) is 102 Å². The summed E-state index contributed by atoms with van der Waals surface area (Å²) in [5.74, 6) is 1.47. The van der Waals surface area contributed by atoms with Gasteiger partial charge >= 0.3 is 11.9 Å². The van der Waals surface area contributed by atoms with E-state index in [0.717, 1.165) is 49.0 Å². The maximum absolute atomic E-state index is 11.7. The SMILES string of the molecule is CCCCC(CC)CCCCCSC(CCOCCOCCOCCC(SCCCCCC(CC)CCCC)C(C)C(=O)O)C(C)C(=O)O. The van der Waals surface area contributed by atoms with Crippen LogP contribution >= 0.6 is 23.5 Å². The lowest BCUT2D eigenvalue weighted by Crippen LogP contribution is -2.25. The molecule has 0 radical (unpaired) electrons. The summed E-state index contributed by atoms with van der Waals surface area (Å²) in [6.07, 6.45) is 21.9. The molecular formula is C40H78O7S2. The second-order valence-electron chi connectivity index (χ2n) is 14.0. The molecule has 0 rings (SSSR count). The summed E-state index contributed by atoms with van der Waals surface area (Å²) >= 11 is 3.58. The number of hydrogen-bond acceptors (Lipinski definition) is 7. The Morgan fingerprint density at radius 2 is 0.837 bits per heavy atom. The first-order valence-electron chi connectivity index (χ1n) is 20.1. The number of carboxylic acids is 2. The smallest absolute Gasteiger partial charge is 0.307 e. The highest BCUT2D eigenvalue weighted by molar-refractivity contribution is 8.00. The van der Waals surface area contributed by atoms with Gasteiger partial charge in [0.25, 0.3) is 0 Å². The zero-order valence-electron chi connectivity index (χ0n) is 32.6. The molecule has 6 unspecified atom stereocenters. The third-order valence-electron chi connectivity index (χ3n) is 10.00. The van der Waals surface area contributed by atoms with E-state index in [1.165, 1.54) is 89.9 Å². The van der Waals surface area contributed by atoms with E-state index in [1.807, 2.05) is 13.8 Å². The van der Waals surface area contributed by atoms with Gasteiger partial charge in [0.2, 0.25) is 0 Å². The predicted molar refractivity (Wildman–Crippen MR) is 211 cm³/mol. The van der Waals surface area contributed by atoms with E-state index in [0.29, 0.717) is 39.6 Å². The Morgan fingerprint density at radius 3 is 1.16 bits per heavy atom. The summed E-state index contributed by atoms with van der Waals surface area (Å²) in [4.78, 5) is 23.3. The molecule has 0 aliphatic rings. The summed E-state index contributed by atoms with van der Waals surface area (Å²) < 4.78 is 17.2. The zero-order valence-corrected chi connectivity index (χ0v) is 34.2. The molecule has 0 heterocycles. The van der Waals surface area contributed by atoms with Gasteiger partial charge < -0.3 is 24.4 Å². The quantitative estimate of drug-likeness (QED) is 0.0600. The standard InChI is InChI=1S/C40H78O7S2/c1-7-11-19-35(9-3)21-15-13-17-31-48-37(33(5)39(41)42)23-25-45-27-29-47-30-28-46-26-24-38(34(6)40(43)44)49-32-18-14-16-22-36(10-4)20-12-8-2/h33-38H,7-32H2,1-6H3,(H,41,42)(H,43,44). The fraction of sp³-hybridized carbons (Fsp3) is 0.950. The number of unbranched alkanes of at least 4 members (excludes halogenated alkanes) is 6. The van der Waals surface area contributed by atoms with Crippen LogP contribution in [0, 0.1) is 23.7 Å². The minimum Gasteiger partial charge on any atom is -0.481 e. The first-order chi connectivity index (χ1) is 23.7. The van der Waals surface area contributed by atoms with Crippen LogP contribution in [0.5, 0.6) is 0 Å². The van der Waals surface area contributed by atoms with Crippen molar-refractivity contribution in [1.29, 1.82) is 0 Å². The number of thioether (sulfide) groups is 2. The van der Waals surface area contributed by atoms with E-state index in [1.54, 1.807) is 23.5 Å². The molecule has 0 aromatic heterocycles. The molecule has 6 atom stereocenters. The molecule has 49 heavy (non-hydrogen) atoms. The third-order valence-corrected chi connectivity index (χ3v) is 13.2. The zero-order chi connectivity index (χ0) is 36.5.